The number of halogens is 1. The van der Waals surface area contributed by atoms with Crippen LogP contribution in [0.4, 0.5) is 5.82 Å². The van der Waals surface area contributed by atoms with Crippen LogP contribution in [0, 0.1) is 0 Å². The Morgan fingerprint density at radius 1 is 1.28 bits per heavy atom. The van der Waals surface area contributed by atoms with Crippen LogP contribution in [0.3, 0.4) is 0 Å². The van der Waals surface area contributed by atoms with Gasteiger partial charge in [0.25, 0.3) is 5.78 Å². The minimum atomic E-state index is 0.328. The fourth-order valence-corrected chi connectivity index (χ4v) is 2.97. The van der Waals surface area contributed by atoms with Gasteiger partial charge in [-0.3, -0.25) is 0 Å². The quantitative estimate of drug-likeness (QED) is 0.724. The van der Waals surface area contributed by atoms with Crippen LogP contribution in [-0.4, -0.2) is 44.9 Å². The van der Waals surface area contributed by atoms with Crippen molar-refractivity contribution in [1.82, 2.24) is 19.6 Å². The Morgan fingerprint density at radius 3 is 2.83 bits per heavy atom. The van der Waals surface area contributed by atoms with E-state index in [4.69, 9.17) is 16.3 Å². The maximum atomic E-state index is 6.04. The average Bonchev–Trinajstić information content (AvgIpc) is 2.94. The van der Waals surface area contributed by atoms with E-state index in [2.05, 4.69) is 20.0 Å². The highest BCUT2D eigenvalue weighted by atomic mass is 35.5. The molecule has 6 nitrogen and oxygen atoms in total. The topological polar surface area (TPSA) is 55.6 Å². The first-order chi connectivity index (χ1) is 8.79. The summed E-state index contributed by atoms with van der Waals surface area (Å²) in [6.07, 6.45) is 4.43. The first-order valence-electron chi connectivity index (χ1n) is 6.06. The summed E-state index contributed by atoms with van der Waals surface area (Å²) in [5.74, 6) is 1.49. The minimum Gasteiger partial charge on any atom is -0.371 e. The smallest absolute Gasteiger partial charge is 0.255 e. The van der Waals surface area contributed by atoms with Crippen LogP contribution >= 0.6 is 11.6 Å². The maximum absolute atomic E-state index is 6.04. The molecule has 7 heteroatoms. The van der Waals surface area contributed by atoms with Gasteiger partial charge in [0, 0.05) is 19.2 Å². The summed E-state index contributed by atoms with van der Waals surface area (Å²) in [4.78, 5) is 10.5. The molecular weight excluding hydrogens is 254 g/mol. The molecule has 2 aliphatic heterocycles. The van der Waals surface area contributed by atoms with Crippen molar-refractivity contribution in [2.24, 2.45) is 0 Å². The summed E-state index contributed by atoms with van der Waals surface area (Å²) < 4.78 is 7.57. The fourth-order valence-electron chi connectivity index (χ4n) is 2.80. The summed E-state index contributed by atoms with van der Waals surface area (Å²) in [6, 6.07) is 1.84. The number of rotatable bonds is 1. The van der Waals surface area contributed by atoms with E-state index in [1.165, 1.54) is 6.33 Å². The number of hydrogen-bond donors (Lipinski definition) is 0. The Balaban J connectivity index is 1.79. The maximum Gasteiger partial charge on any atom is 0.255 e. The molecule has 2 unspecified atom stereocenters. The van der Waals surface area contributed by atoms with E-state index in [1.54, 1.807) is 4.52 Å². The SMILES string of the molecule is Clc1cc(N2CC3CCC(C2)O3)n2ncnc2n1. The second-order valence-electron chi connectivity index (χ2n) is 4.77. The molecule has 18 heavy (non-hydrogen) atoms. The number of nitrogens with zero attached hydrogens (tertiary/aromatic N) is 5. The first-order valence-corrected chi connectivity index (χ1v) is 6.44. The molecule has 0 aromatic carbocycles. The largest absolute Gasteiger partial charge is 0.371 e. The van der Waals surface area contributed by atoms with E-state index < -0.39 is 0 Å². The van der Waals surface area contributed by atoms with Crippen molar-refractivity contribution in [2.45, 2.75) is 25.0 Å². The molecule has 4 heterocycles. The zero-order chi connectivity index (χ0) is 12.1. The monoisotopic (exact) mass is 265 g/mol. The lowest BCUT2D eigenvalue weighted by atomic mass is 10.2. The Kier molecular flexibility index (Phi) is 2.22. The van der Waals surface area contributed by atoms with E-state index >= 15 is 0 Å². The van der Waals surface area contributed by atoms with Crippen LogP contribution in [0.25, 0.3) is 5.78 Å². The number of ether oxygens (including phenoxy) is 1. The molecule has 94 valence electrons. The van der Waals surface area contributed by atoms with Crippen molar-refractivity contribution in [3.05, 3.63) is 17.5 Å². The van der Waals surface area contributed by atoms with Crippen molar-refractivity contribution in [3.8, 4) is 0 Å². The molecule has 0 N–H and O–H groups in total. The molecule has 0 aliphatic carbocycles. The molecule has 2 aromatic heterocycles. The van der Waals surface area contributed by atoms with Gasteiger partial charge in [0.1, 0.15) is 17.3 Å². The Morgan fingerprint density at radius 2 is 2.06 bits per heavy atom. The van der Waals surface area contributed by atoms with Gasteiger partial charge in [0.05, 0.1) is 12.2 Å². The van der Waals surface area contributed by atoms with E-state index in [0.717, 1.165) is 31.7 Å². The number of fused-ring (bicyclic) bond motifs is 3. The third-order valence-electron chi connectivity index (χ3n) is 3.57. The summed E-state index contributed by atoms with van der Waals surface area (Å²) >= 11 is 6.04. The summed E-state index contributed by atoms with van der Waals surface area (Å²) in [5, 5.41) is 4.66. The van der Waals surface area contributed by atoms with Crippen LogP contribution in [0.5, 0.6) is 0 Å². The molecule has 2 aromatic rings. The van der Waals surface area contributed by atoms with E-state index in [1.807, 2.05) is 6.07 Å². The predicted molar refractivity (Wildman–Crippen MR) is 65.9 cm³/mol. The second-order valence-corrected chi connectivity index (χ2v) is 5.16. The van der Waals surface area contributed by atoms with Crippen molar-refractivity contribution >= 4 is 23.2 Å². The number of aromatic nitrogens is 4. The lowest BCUT2D eigenvalue weighted by Crippen LogP contribution is -2.43. The van der Waals surface area contributed by atoms with Crippen molar-refractivity contribution in [1.29, 1.82) is 0 Å². The third kappa shape index (κ3) is 1.56. The first kappa shape index (κ1) is 10.5. The van der Waals surface area contributed by atoms with E-state index in [-0.39, 0.29) is 0 Å². The number of anilines is 1. The third-order valence-corrected chi connectivity index (χ3v) is 3.76. The Bertz CT molecular complexity index is 588. The molecule has 0 spiro atoms. The highest BCUT2D eigenvalue weighted by molar-refractivity contribution is 6.29. The Labute approximate surface area is 109 Å². The van der Waals surface area contributed by atoms with Crippen LogP contribution in [0.2, 0.25) is 5.15 Å². The molecular formula is C11H12ClN5O. The average molecular weight is 266 g/mol. The van der Waals surface area contributed by atoms with Gasteiger partial charge < -0.3 is 9.64 Å². The molecule has 0 saturated carbocycles. The fraction of sp³-hybridized carbons (Fsp3) is 0.545. The summed E-state index contributed by atoms with van der Waals surface area (Å²) in [5.41, 5.74) is 0. The normalized spacial score (nSPS) is 27.1. The van der Waals surface area contributed by atoms with Gasteiger partial charge in [-0.2, -0.15) is 19.6 Å². The van der Waals surface area contributed by atoms with Gasteiger partial charge in [-0.15, -0.1) is 0 Å². The van der Waals surface area contributed by atoms with Crippen molar-refractivity contribution in [3.63, 3.8) is 0 Å². The molecule has 2 fully saturated rings. The lowest BCUT2D eigenvalue weighted by molar-refractivity contribution is 0.0301. The van der Waals surface area contributed by atoms with E-state index in [9.17, 15) is 0 Å². The van der Waals surface area contributed by atoms with Crippen LogP contribution in [0.1, 0.15) is 12.8 Å². The van der Waals surface area contributed by atoms with E-state index in [0.29, 0.717) is 23.1 Å². The number of hydrogen-bond acceptors (Lipinski definition) is 5. The molecule has 2 saturated heterocycles. The molecule has 2 bridgehead atoms. The highest BCUT2D eigenvalue weighted by Crippen LogP contribution is 2.30. The lowest BCUT2D eigenvalue weighted by Gasteiger charge is -2.33. The zero-order valence-electron chi connectivity index (χ0n) is 9.66. The molecule has 2 aliphatic rings. The van der Waals surface area contributed by atoms with Gasteiger partial charge in [0.2, 0.25) is 0 Å². The van der Waals surface area contributed by atoms with Gasteiger partial charge in [-0.25, -0.2) is 0 Å². The molecule has 0 radical (unpaired) electrons. The Hall–Kier alpha value is -1.40. The van der Waals surface area contributed by atoms with Crippen LogP contribution < -0.4 is 4.90 Å². The highest BCUT2D eigenvalue weighted by Gasteiger charge is 2.34. The molecule has 4 rings (SSSR count). The van der Waals surface area contributed by atoms with Gasteiger partial charge in [0.15, 0.2) is 0 Å². The van der Waals surface area contributed by atoms with Crippen molar-refractivity contribution < 1.29 is 4.74 Å². The molecule has 0 amide bonds. The van der Waals surface area contributed by atoms with Crippen LogP contribution in [0.15, 0.2) is 12.4 Å². The van der Waals surface area contributed by atoms with Crippen molar-refractivity contribution in [2.75, 3.05) is 18.0 Å². The van der Waals surface area contributed by atoms with Gasteiger partial charge >= 0.3 is 0 Å². The summed E-state index contributed by atoms with van der Waals surface area (Å²) in [6.45, 7) is 1.76. The second kappa shape index (κ2) is 3.80. The standard InChI is InChI=1S/C11H12ClN5O/c12-9-3-10(17-11(15-9)13-6-14-17)16-4-7-1-2-8(5-16)18-7/h3,6-8H,1-2,4-5H2. The minimum absolute atomic E-state index is 0.328. The molecule has 2 atom stereocenters. The van der Waals surface area contributed by atoms with Gasteiger partial charge in [-0.05, 0) is 12.8 Å². The van der Waals surface area contributed by atoms with Gasteiger partial charge in [-0.1, -0.05) is 11.6 Å². The van der Waals surface area contributed by atoms with Crippen LogP contribution in [-0.2, 0) is 4.74 Å². The summed E-state index contributed by atoms with van der Waals surface area (Å²) in [7, 11) is 0. The predicted octanol–water partition coefficient (Wildman–Crippen LogP) is 1.15. The zero-order valence-corrected chi connectivity index (χ0v) is 10.4. The number of morpholine rings is 1.